The Kier molecular flexibility index (Phi) is 4.65. The van der Waals surface area contributed by atoms with Crippen LogP contribution in [0.3, 0.4) is 0 Å². The fourth-order valence-corrected chi connectivity index (χ4v) is 4.25. The molecule has 0 saturated heterocycles. The third-order valence-corrected chi connectivity index (χ3v) is 5.65. The largest absolute Gasteiger partial charge is 0.445 e. The van der Waals surface area contributed by atoms with E-state index in [1.54, 1.807) is 12.1 Å². The summed E-state index contributed by atoms with van der Waals surface area (Å²) in [5, 5.41) is 0. The van der Waals surface area contributed by atoms with Crippen LogP contribution in [0.15, 0.2) is 77.4 Å². The van der Waals surface area contributed by atoms with Gasteiger partial charge >= 0.3 is 0 Å². The van der Waals surface area contributed by atoms with E-state index < -0.39 is 5.92 Å². The van der Waals surface area contributed by atoms with Gasteiger partial charge in [-0.3, -0.25) is 9.59 Å². The lowest BCUT2D eigenvalue weighted by molar-refractivity contribution is -0.119. The van der Waals surface area contributed by atoms with Gasteiger partial charge in [-0.2, -0.15) is 0 Å². The van der Waals surface area contributed by atoms with Crippen LogP contribution in [0.4, 0.5) is 0 Å². The fraction of sp³-hybridized carbons (Fsp3) is 0.280. The molecule has 4 heteroatoms. The SMILES string of the molecule is Cc1ccc(C(=O)C2=C(N)OC3=C(C(=O)CC(C)(C)C3)C2c2ccccc2)cc1. The average Bonchev–Trinajstić information content (AvgIpc) is 2.66. The number of aryl methyl sites for hydroxylation is 1. The molecule has 0 radical (unpaired) electrons. The van der Waals surface area contributed by atoms with Gasteiger partial charge in [0.05, 0.1) is 11.5 Å². The average molecular weight is 387 g/mol. The van der Waals surface area contributed by atoms with Crippen molar-refractivity contribution in [2.24, 2.45) is 11.1 Å². The second-order valence-electron chi connectivity index (χ2n) is 8.70. The number of benzene rings is 2. The molecule has 0 amide bonds. The molecule has 1 aliphatic heterocycles. The maximum Gasteiger partial charge on any atom is 0.198 e. The van der Waals surface area contributed by atoms with Crippen molar-refractivity contribution in [3.63, 3.8) is 0 Å². The number of hydrogen-bond donors (Lipinski definition) is 1. The molecule has 4 rings (SSSR count). The molecule has 2 aromatic rings. The van der Waals surface area contributed by atoms with E-state index in [0.29, 0.717) is 35.3 Å². The number of allylic oxidation sites excluding steroid dienone is 3. The van der Waals surface area contributed by atoms with Crippen LogP contribution in [0, 0.1) is 12.3 Å². The minimum atomic E-state index is -0.516. The van der Waals surface area contributed by atoms with Crippen molar-refractivity contribution in [1.82, 2.24) is 0 Å². The minimum Gasteiger partial charge on any atom is -0.445 e. The summed E-state index contributed by atoms with van der Waals surface area (Å²) in [7, 11) is 0. The molecule has 2 aromatic carbocycles. The summed E-state index contributed by atoms with van der Waals surface area (Å²) in [6.07, 6.45) is 1.04. The molecule has 0 fully saturated rings. The van der Waals surface area contributed by atoms with Crippen LogP contribution in [0.25, 0.3) is 0 Å². The van der Waals surface area contributed by atoms with E-state index in [4.69, 9.17) is 10.5 Å². The lowest BCUT2D eigenvalue weighted by atomic mass is 9.69. The van der Waals surface area contributed by atoms with Crippen molar-refractivity contribution in [2.75, 3.05) is 0 Å². The fourth-order valence-electron chi connectivity index (χ4n) is 4.25. The van der Waals surface area contributed by atoms with Gasteiger partial charge in [-0.25, -0.2) is 0 Å². The maximum atomic E-state index is 13.5. The summed E-state index contributed by atoms with van der Waals surface area (Å²) in [6.45, 7) is 6.06. The van der Waals surface area contributed by atoms with E-state index in [-0.39, 0.29) is 22.9 Å². The second kappa shape index (κ2) is 7.03. The van der Waals surface area contributed by atoms with E-state index in [1.165, 1.54) is 0 Å². The van der Waals surface area contributed by atoms with Gasteiger partial charge in [-0.15, -0.1) is 0 Å². The summed E-state index contributed by atoms with van der Waals surface area (Å²) in [5.74, 6) is -0.0172. The topological polar surface area (TPSA) is 69.4 Å². The number of nitrogens with two attached hydrogens (primary N) is 1. The van der Waals surface area contributed by atoms with Crippen LogP contribution < -0.4 is 5.73 Å². The van der Waals surface area contributed by atoms with Crippen LogP contribution in [0.2, 0.25) is 0 Å². The van der Waals surface area contributed by atoms with Gasteiger partial charge in [0, 0.05) is 24.0 Å². The molecule has 2 N–H and O–H groups in total. The normalized spacial score (nSPS) is 20.9. The van der Waals surface area contributed by atoms with Gasteiger partial charge in [-0.1, -0.05) is 74.0 Å². The molecule has 148 valence electrons. The minimum absolute atomic E-state index is 0.0202. The van der Waals surface area contributed by atoms with Crippen molar-refractivity contribution in [3.05, 3.63) is 94.1 Å². The smallest absolute Gasteiger partial charge is 0.198 e. The van der Waals surface area contributed by atoms with E-state index in [1.807, 2.05) is 63.2 Å². The van der Waals surface area contributed by atoms with Gasteiger partial charge in [0.25, 0.3) is 0 Å². The van der Waals surface area contributed by atoms with E-state index in [0.717, 1.165) is 11.1 Å². The molecule has 0 saturated carbocycles. The Balaban J connectivity index is 1.87. The van der Waals surface area contributed by atoms with Gasteiger partial charge in [-0.05, 0) is 17.9 Å². The molecule has 4 nitrogen and oxygen atoms in total. The first-order valence-electron chi connectivity index (χ1n) is 9.87. The summed E-state index contributed by atoms with van der Waals surface area (Å²) >= 11 is 0. The number of Topliss-reactive ketones (excluding diaryl/α,β-unsaturated/α-hetero) is 2. The Hall–Kier alpha value is -3.14. The number of carbonyl (C=O) groups is 2. The predicted octanol–water partition coefficient (Wildman–Crippen LogP) is 4.81. The molecule has 2 aliphatic rings. The van der Waals surface area contributed by atoms with Gasteiger partial charge < -0.3 is 10.5 Å². The lowest BCUT2D eigenvalue weighted by Gasteiger charge is -2.38. The maximum absolute atomic E-state index is 13.5. The number of carbonyl (C=O) groups excluding carboxylic acids is 2. The molecule has 1 atom stereocenters. The second-order valence-corrected chi connectivity index (χ2v) is 8.70. The predicted molar refractivity (Wildman–Crippen MR) is 112 cm³/mol. The van der Waals surface area contributed by atoms with Crippen LogP contribution in [0.1, 0.15) is 54.1 Å². The summed E-state index contributed by atoms with van der Waals surface area (Å²) in [5.41, 5.74) is 9.49. The zero-order valence-electron chi connectivity index (χ0n) is 17.0. The monoisotopic (exact) mass is 387 g/mol. The molecule has 0 spiro atoms. The Bertz CT molecular complexity index is 1040. The highest BCUT2D eigenvalue weighted by Gasteiger charge is 2.44. The van der Waals surface area contributed by atoms with Crippen LogP contribution in [-0.2, 0) is 9.53 Å². The number of rotatable bonds is 3. The van der Waals surface area contributed by atoms with Gasteiger partial charge in [0.15, 0.2) is 17.4 Å². The molecule has 1 heterocycles. The zero-order chi connectivity index (χ0) is 20.8. The number of ketones is 2. The van der Waals surface area contributed by atoms with E-state index in [9.17, 15) is 9.59 Å². The van der Waals surface area contributed by atoms with Gasteiger partial charge in [0.1, 0.15) is 5.76 Å². The highest BCUT2D eigenvalue weighted by molar-refractivity contribution is 6.13. The third kappa shape index (κ3) is 3.51. The first kappa shape index (κ1) is 19.2. The first-order valence-corrected chi connectivity index (χ1v) is 9.87. The van der Waals surface area contributed by atoms with Crippen molar-refractivity contribution in [3.8, 4) is 0 Å². The zero-order valence-corrected chi connectivity index (χ0v) is 17.0. The summed E-state index contributed by atoms with van der Waals surface area (Å²) < 4.78 is 5.92. The Morgan fingerprint density at radius 1 is 1.03 bits per heavy atom. The highest BCUT2D eigenvalue weighted by atomic mass is 16.5. The Morgan fingerprint density at radius 3 is 2.34 bits per heavy atom. The van der Waals surface area contributed by atoms with Crippen molar-refractivity contribution in [1.29, 1.82) is 0 Å². The standard InChI is InChI=1S/C25H25NO3/c1-15-9-11-17(12-10-15)23(28)22-20(16-7-5-4-6-8-16)21-18(27)13-25(2,3)14-19(21)29-24(22)26/h4-12,20H,13-14,26H2,1-3H3. The molecule has 0 aromatic heterocycles. The Labute approximate surface area is 171 Å². The van der Waals surface area contributed by atoms with Crippen LogP contribution >= 0.6 is 0 Å². The summed E-state index contributed by atoms with van der Waals surface area (Å²) in [4.78, 5) is 26.6. The Morgan fingerprint density at radius 2 is 1.69 bits per heavy atom. The molecular weight excluding hydrogens is 362 g/mol. The molecule has 29 heavy (non-hydrogen) atoms. The quantitative estimate of drug-likeness (QED) is 0.768. The number of hydrogen-bond acceptors (Lipinski definition) is 4. The summed E-state index contributed by atoms with van der Waals surface area (Å²) in [6, 6.07) is 17.0. The molecular formula is C25H25NO3. The van der Waals surface area contributed by atoms with Crippen molar-refractivity contribution in [2.45, 2.75) is 39.5 Å². The third-order valence-electron chi connectivity index (χ3n) is 5.65. The van der Waals surface area contributed by atoms with E-state index in [2.05, 4.69) is 0 Å². The highest BCUT2D eigenvalue weighted by Crippen LogP contribution is 2.48. The molecule has 0 bridgehead atoms. The van der Waals surface area contributed by atoms with Crippen LogP contribution in [-0.4, -0.2) is 11.6 Å². The molecule has 1 unspecified atom stereocenters. The number of ether oxygens (including phenoxy) is 1. The van der Waals surface area contributed by atoms with E-state index >= 15 is 0 Å². The van der Waals surface area contributed by atoms with Crippen molar-refractivity contribution >= 4 is 11.6 Å². The van der Waals surface area contributed by atoms with Gasteiger partial charge in [0.2, 0.25) is 0 Å². The lowest BCUT2D eigenvalue weighted by Crippen LogP contribution is -2.35. The molecule has 1 aliphatic carbocycles. The van der Waals surface area contributed by atoms with Crippen LogP contribution in [0.5, 0.6) is 0 Å². The van der Waals surface area contributed by atoms with Crippen molar-refractivity contribution < 1.29 is 14.3 Å². The first-order chi connectivity index (χ1) is 13.8.